The second-order valence-electron chi connectivity index (χ2n) is 10.3. The van der Waals surface area contributed by atoms with Crippen molar-refractivity contribution in [2.24, 2.45) is 11.7 Å². The number of benzene rings is 1. The van der Waals surface area contributed by atoms with Gasteiger partial charge in [0.05, 0.1) is 0 Å². The molecule has 1 unspecified atom stereocenters. The fourth-order valence-electron chi connectivity index (χ4n) is 4.57. The van der Waals surface area contributed by atoms with Crippen molar-refractivity contribution in [1.82, 2.24) is 0 Å². The number of nitrogens with two attached hydrogens (primary N) is 1. The Kier molecular flexibility index (Phi) is 19.8. The van der Waals surface area contributed by atoms with Crippen molar-refractivity contribution in [3.8, 4) is 0 Å². The molecular weight excluding hydrogens is 398 g/mol. The fraction of sp³-hybridized carbons (Fsp3) is 0.793. The topological polar surface area (TPSA) is 26.0 Å². The molecule has 1 nitrogen and oxygen atoms in total. The molecule has 1 rings (SSSR count). The number of hydrogen-bond acceptors (Lipinski definition) is 1. The maximum absolute atomic E-state index is 6.49. The molecule has 0 aromatic heterocycles. The standard InChI is InChI=1S/C29H53N.ClH/c1-4-5-6-7-8-9-10-11-12-13-14-15-16-17-18-22-25-28(29(2,3)30)26-27-23-20-19-21-24-27;/h19-21,23-24,28H,4-18,22,25-26,30H2,1-3H3;1H. The van der Waals surface area contributed by atoms with E-state index in [-0.39, 0.29) is 17.9 Å². The molecule has 1 atom stereocenters. The van der Waals surface area contributed by atoms with Crippen LogP contribution in [0.2, 0.25) is 0 Å². The zero-order chi connectivity index (χ0) is 21.9. The van der Waals surface area contributed by atoms with E-state index < -0.39 is 0 Å². The first kappa shape index (κ1) is 30.5. The van der Waals surface area contributed by atoms with Crippen LogP contribution in [0.5, 0.6) is 0 Å². The zero-order valence-corrected chi connectivity index (χ0v) is 22.0. The van der Waals surface area contributed by atoms with E-state index in [0.29, 0.717) is 5.92 Å². The molecule has 0 saturated heterocycles. The molecule has 0 fully saturated rings. The lowest BCUT2D eigenvalue weighted by molar-refractivity contribution is 0.290. The van der Waals surface area contributed by atoms with Gasteiger partial charge in [0.1, 0.15) is 0 Å². The van der Waals surface area contributed by atoms with Gasteiger partial charge >= 0.3 is 0 Å². The minimum atomic E-state index is -0.0919. The Morgan fingerprint density at radius 3 is 1.42 bits per heavy atom. The molecule has 0 saturated carbocycles. The highest BCUT2D eigenvalue weighted by atomic mass is 35.5. The summed E-state index contributed by atoms with van der Waals surface area (Å²) in [4.78, 5) is 0. The summed E-state index contributed by atoms with van der Waals surface area (Å²) in [5.41, 5.74) is 7.83. The van der Waals surface area contributed by atoms with Gasteiger partial charge < -0.3 is 5.73 Å². The highest BCUT2D eigenvalue weighted by molar-refractivity contribution is 5.85. The molecular formula is C29H54ClN. The van der Waals surface area contributed by atoms with Gasteiger partial charge in [-0.3, -0.25) is 0 Å². The maximum Gasteiger partial charge on any atom is 0.0129 e. The first-order chi connectivity index (χ1) is 14.5. The SMILES string of the molecule is CCCCCCCCCCCCCCCCCCC(Cc1ccccc1)C(C)(C)N.Cl. The quantitative estimate of drug-likeness (QED) is 0.196. The van der Waals surface area contributed by atoms with Crippen LogP contribution in [0.3, 0.4) is 0 Å². The predicted molar refractivity (Wildman–Crippen MR) is 143 cm³/mol. The monoisotopic (exact) mass is 451 g/mol. The number of hydrogen-bond donors (Lipinski definition) is 1. The van der Waals surface area contributed by atoms with Gasteiger partial charge in [0.25, 0.3) is 0 Å². The average molecular weight is 452 g/mol. The molecule has 31 heavy (non-hydrogen) atoms. The van der Waals surface area contributed by atoms with E-state index in [9.17, 15) is 0 Å². The van der Waals surface area contributed by atoms with E-state index in [1.54, 1.807) is 0 Å². The highest BCUT2D eigenvalue weighted by Crippen LogP contribution is 2.25. The molecule has 182 valence electrons. The van der Waals surface area contributed by atoms with E-state index in [0.717, 1.165) is 6.42 Å². The third-order valence-corrected chi connectivity index (χ3v) is 6.78. The Morgan fingerprint density at radius 2 is 1.03 bits per heavy atom. The maximum atomic E-state index is 6.49. The summed E-state index contributed by atoms with van der Waals surface area (Å²) in [6.07, 6.45) is 25.3. The lowest BCUT2D eigenvalue weighted by atomic mass is 9.80. The highest BCUT2D eigenvalue weighted by Gasteiger charge is 2.24. The van der Waals surface area contributed by atoms with Crippen molar-refractivity contribution >= 4 is 12.4 Å². The summed E-state index contributed by atoms with van der Waals surface area (Å²) in [5.74, 6) is 0.576. The van der Waals surface area contributed by atoms with Crippen molar-refractivity contribution in [3.05, 3.63) is 35.9 Å². The van der Waals surface area contributed by atoms with E-state index in [1.165, 1.54) is 115 Å². The van der Waals surface area contributed by atoms with Gasteiger partial charge in [-0.2, -0.15) is 0 Å². The van der Waals surface area contributed by atoms with Crippen LogP contribution in [0.25, 0.3) is 0 Å². The van der Waals surface area contributed by atoms with Crippen LogP contribution >= 0.6 is 12.4 Å². The van der Waals surface area contributed by atoms with E-state index in [1.807, 2.05) is 0 Å². The fourth-order valence-corrected chi connectivity index (χ4v) is 4.57. The molecule has 2 N–H and O–H groups in total. The summed E-state index contributed by atoms with van der Waals surface area (Å²) < 4.78 is 0. The van der Waals surface area contributed by atoms with Crippen LogP contribution in [0.15, 0.2) is 30.3 Å². The Bertz CT molecular complexity index is 479. The third-order valence-electron chi connectivity index (χ3n) is 6.78. The van der Waals surface area contributed by atoms with Crippen molar-refractivity contribution in [1.29, 1.82) is 0 Å². The third kappa shape index (κ3) is 17.7. The molecule has 0 aliphatic carbocycles. The number of unbranched alkanes of at least 4 members (excludes halogenated alkanes) is 15. The van der Waals surface area contributed by atoms with Crippen LogP contribution in [0.1, 0.15) is 135 Å². The lowest BCUT2D eigenvalue weighted by Crippen LogP contribution is -2.42. The van der Waals surface area contributed by atoms with Crippen molar-refractivity contribution in [3.63, 3.8) is 0 Å². The first-order valence-corrected chi connectivity index (χ1v) is 13.4. The van der Waals surface area contributed by atoms with Gasteiger partial charge in [-0.1, -0.05) is 140 Å². The summed E-state index contributed by atoms with van der Waals surface area (Å²) in [7, 11) is 0. The minimum Gasteiger partial charge on any atom is -0.325 e. The molecule has 0 aliphatic heterocycles. The average Bonchev–Trinajstić information content (AvgIpc) is 2.72. The van der Waals surface area contributed by atoms with Gasteiger partial charge in [0.2, 0.25) is 0 Å². The smallest absolute Gasteiger partial charge is 0.0129 e. The van der Waals surface area contributed by atoms with Crippen LogP contribution < -0.4 is 5.73 Å². The Labute approximate surface area is 201 Å². The first-order valence-electron chi connectivity index (χ1n) is 13.4. The van der Waals surface area contributed by atoms with Crippen LogP contribution in [0.4, 0.5) is 0 Å². The van der Waals surface area contributed by atoms with Crippen molar-refractivity contribution in [2.75, 3.05) is 0 Å². The summed E-state index contributed by atoms with van der Waals surface area (Å²) in [5, 5.41) is 0. The Hall–Kier alpha value is -0.530. The summed E-state index contributed by atoms with van der Waals surface area (Å²) in [6, 6.07) is 10.9. The second-order valence-corrected chi connectivity index (χ2v) is 10.3. The molecule has 0 heterocycles. The Morgan fingerprint density at radius 1 is 0.645 bits per heavy atom. The molecule has 1 aromatic rings. The van der Waals surface area contributed by atoms with Gasteiger partial charge in [0.15, 0.2) is 0 Å². The molecule has 0 radical (unpaired) electrons. The van der Waals surface area contributed by atoms with Gasteiger partial charge in [-0.05, 0) is 38.2 Å². The normalized spacial score (nSPS) is 12.5. The Balaban J connectivity index is 0.00000900. The number of halogens is 1. The van der Waals surface area contributed by atoms with E-state index in [2.05, 4.69) is 51.1 Å². The molecule has 0 aliphatic rings. The zero-order valence-electron chi connectivity index (χ0n) is 21.2. The van der Waals surface area contributed by atoms with Crippen molar-refractivity contribution < 1.29 is 0 Å². The largest absolute Gasteiger partial charge is 0.325 e. The van der Waals surface area contributed by atoms with Gasteiger partial charge in [-0.25, -0.2) is 0 Å². The molecule has 0 amide bonds. The van der Waals surface area contributed by atoms with Gasteiger partial charge in [0, 0.05) is 5.54 Å². The molecule has 0 bridgehead atoms. The van der Waals surface area contributed by atoms with Gasteiger partial charge in [-0.15, -0.1) is 12.4 Å². The summed E-state index contributed by atoms with van der Waals surface area (Å²) in [6.45, 7) is 6.70. The van der Waals surface area contributed by atoms with Crippen LogP contribution in [-0.4, -0.2) is 5.54 Å². The second kappa shape index (κ2) is 20.1. The predicted octanol–water partition coefficient (Wildman–Crippen LogP) is 9.66. The van der Waals surface area contributed by atoms with E-state index >= 15 is 0 Å². The van der Waals surface area contributed by atoms with Crippen LogP contribution in [-0.2, 0) is 6.42 Å². The molecule has 1 aromatic carbocycles. The lowest BCUT2D eigenvalue weighted by Gasteiger charge is -2.31. The number of rotatable bonds is 20. The molecule has 2 heteroatoms. The minimum absolute atomic E-state index is 0. The molecule has 0 spiro atoms. The van der Waals surface area contributed by atoms with Crippen LogP contribution in [0, 0.1) is 5.92 Å². The van der Waals surface area contributed by atoms with Crippen molar-refractivity contribution in [2.45, 2.75) is 142 Å². The summed E-state index contributed by atoms with van der Waals surface area (Å²) >= 11 is 0. The van der Waals surface area contributed by atoms with E-state index in [4.69, 9.17) is 5.73 Å².